The Kier molecular flexibility index (Phi) is 4.98. The summed E-state index contributed by atoms with van der Waals surface area (Å²) in [6.07, 6.45) is 3.48. The molecule has 0 aliphatic carbocycles. The van der Waals surface area contributed by atoms with Crippen molar-refractivity contribution < 1.29 is 14.3 Å². The van der Waals surface area contributed by atoms with Gasteiger partial charge in [0.05, 0.1) is 30.8 Å². The first-order valence-corrected chi connectivity index (χ1v) is 7.55. The third-order valence-electron chi connectivity index (χ3n) is 3.60. The predicted octanol–water partition coefficient (Wildman–Crippen LogP) is 2.45. The molecular formula is C18H17N3O3. The number of nitrogens with zero attached hydrogens (tertiary/aromatic N) is 3. The summed E-state index contributed by atoms with van der Waals surface area (Å²) in [6.45, 7) is 0.489. The average Bonchev–Trinajstić information content (AvgIpc) is 3.17. The molecular weight excluding hydrogens is 306 g/mol. The van der Waals surface area contributed by atoms with Gasteiger partial charge in [-0.2, -0.15) is 10.2 Å². The molecule has 24 heavy (non-hydrogen) atoms. The molecule has 2 aromatic heterocycles. The molecule has 6 heteroatoms. The second kappa shape index (κ2) is 7.52. The van der Waals surface area contributed by atoms with E-state index in [2.05, 4.69) is 10.2 Å². The lowest BCUT2D eigenvalue weighted by molar-refractivity contribution is 0.0562. The molecule has 2 heterocycles. The van der Waals surface area contributed by atoms with Crippen LogP contribution in [0, 0.1) is 0 Å². The Hall–Kier alpha value is -2.99. The number of amides is 1. The van der Waals surface area contributed by atoms with Gasteiger partial charge in [0.25, 0.3) is 5.91 Å². The summed E-state index contributed by atoms with van der Waals surface area (Å²) in [5.74, 6) is 0.202. The zero-order valence-electron chi connectivity index (χ0n) is 12.9. The molecule has 0 spiro atoms. The fourth-order valence-corrected chi connectivity index (χ4v) is 2.40. The second-order valence-corrected chi connectivity index (χ2v) is 5.33. The molecule has 1 N–H and O–H groups in total. The molecule has 122 valence electrons. The van der Waals surface area contributed by atoms with Gasteiger partial charge in [-0.3, -0.25) is 4.79 Å². The third-order valence-corrected chi connectivity index (χ3v) is 3.60. The maximum Gasteiger partial charge on any atom is 0.255 e. The van der Waals surface area contributed by atoms with E-state index in [1.54, 1.807) is 23.1 Å². The number of aliphatic hydroxyl groups is 1. The first-order valence-electron chi connectivity index (χ1n) is 7.55. The largest absolute Gasteiger partial charge is 0.467 e. The Morgan fingerprint density at radius 1 is 1.12 bits per heavy atom. The van der Waals surface area contributed by atoms with Crippen molar-refractivity contribution in [1.82, 2.24) is 15.1 Å². The summed E-state index contributed by atoms with van der Waals surface area (Å²) in [4.78, 5) is 14.3. The number of carbonyl (C=O) groups is 1. The molecule has 6 nitrogen and oxygen atoms in total. The van der Waals surface area contributed by atoms with Gasteiger partial charge in [-0.05, 0) is 23.8 Å². The van der Waals surface area contributed by atoms with Crippen molar-refractivity contribution in [2.45, 2.75) is 12.6 Å². The highest BCUT2D eigenvalue weighted by Crippen LogP contribution is 2.18. The van der Waals surface area contributed by atoms with E-state index in [4.69, 9.17) is 4.42 Å². The minimum atomic E-state index is -0.901. The maximum atomic E-state index is 12.8. The van der Waals surface area contributed by atoms with Crippen molar-refractivity contribution in [2.24, 2.45) is 0 Å². The average molecular weight is 323 g/mol. The van der Waals surface area contributed by atoms with Gasteiger partial charge in [-0.15, -0.1) is 0 Å². The SMILES string of the molecule is O=C(c1ccnnc1)N(Cc1ccccc1)CC(O)c1ccco1. The molecule has 3 aromatic rings. The van der Waals surface area contributed by atoms with E-state index in [1.165, 1.54) is 18.7 Å². The third kappa shape index (κ3) is 3.85. The van der Waals surface area contributed by atoms with E-state index in [0.29, 0.717) is 17.9 Å². The number of carbonyl (C=O) groups excluding carboxylic acids is 1. The quantitative estimate of drug-likeness (QED) is 0.754. The first kappa shape index (κ1) is 15.9. The van der Waals surface area contributed by atoms with Crippen LogP contribution in [0.4, 0.5) is 0 Å². The van der Waals surface area contributed by atoms with Gasteiger partial charge in [0.1, 0.15) is 11.9 Å². The van der Waals surface area contributed by atoms with E-state index < -0.39 is 6.10 Å². The highest BCUT2D eigenvalue weighted by Gasteiger charge is 2.22. The topological polar surface area (TPSA) is 79.5 Å². The molecule has 0 bridgehead atoms. The van der Waals surface area contributed by atoms with Crippen LogP contribution >= 0.6 is 0 Å². The van der Waals surface area contributed by atoms with Gasteiger partial charge in [0, 0.05) is 6.54 Å². The predicted molar refractivity (Wildman–Crippen MR) is 86.9 cm³/mol. The number of aromatic nitrogens is 2. The Morgan fingerprint density at radius 2 is 1.96 bits per heavy atom. The van der Waals surface area contributed by atoms with E-state index in [0.717, 1.165) is 5.56 Å². The molecule has 1 atom stereocenters. The molecule has 0 saturated heterocycles. The number of benzene rings is 1. The smallest absolute Gasteiger partial charge is 0.255 e. The zero-order chi connectivity index (χ0) is 16.8. The summed E-state index contributed by atoms with van der Waals surface area (Å²) in [5.41, 5.74) is 1.40. The standard InChI is InChI=1S/C18H17N3O3/c22-16(17-7-4-10-24-17)13-21(12-14-5-2-1-3-6-14)18(23)15-8-9-19-20-11-15/h1-11,16,22H,12-13H2. The lowest BCUT2D eigenvalue weighted by atomic mass is 10.1. The second-order valence-electron chi connectivity index (χ2n) is 5.33. The Balaban J connectivity index is 1.81. The highest BCUT2D eigenvalue weighted by molar-refractivity contribution is 5.93. The summed E-state index contributed by atoms with van der Waals surface area (Å²) in [6, 6.07) is 14.6. The minimum Gasteiger partial charge on any atom is -0.467 e. The molecule has 1 unspecified atom stereocenters. The minimum absolute atomic E-state index is 0.115. The molecule has 1 amide bonds. The number of hydrogen-bond acceptors (Lipinski definition) is 5. The van der Waals surface area contributed by atoms with Gasteiger partial charge in [0.2, 0.25) is 0 Å². The van der Waals surface area contributed by atoms with Crippen molar-refractivity contribution in [3.8, 4) is 0 Å². The number of furan rings is 1. The number of hydrogen-bond donors (Lipinski definition) is 1. The van der Waals surface area contributed by atoms with Crippen LogP contribution < -0.4 is 0 Å². The Labute approximate surface area is 139 Å². The van der Waals surface area contributed by atoms with Crippen LogP contribution in [0.1, 0.15) is 27.8 Å². The van der Waals surface area contributed by atoms with Crippen LogP contribution in [0.5, 0.6) is 0 Å². The Morgan fingerprint density at radius 3 is 2.62 bits per heavy atom. The number of rotatable bonds is 6. The molecule has 0 fully saturated rings. The van der Waals surface area contributed by atoms with Gasteiger partial charge in [0.15, 0.2) is 0 Å². The normalized spacial score (nSPS) is 11.9. The van der Waals surface area contributed by atoms with Gasteiger partial charge in [-0.25, -0.2) is 0 Å². The molecule has 0 aliphatic rings. The molecule has 3 rings (SSSR count). The van der Waals surface area contributed by atoms with Crippen molar-refractivity contribution in [3.05, 3.63) is 84.1 Å². The maximum absolute atomic E-state index is 12.8. The number of aliphatic hydroxyl groups excluding tert-OH is 1. The highest BCUT2D eigenvalue weighted by atomic mass is 16.4. The fraction of sp³-hybridized carbons (Fsp3) is 0.167. The van der Waals surface area contributed by atoms with Crippen LogP contribution in [-0.2, 0) is 6.54 Å². The van der Waals surface area contributed by atoms with Crippen LogP contribution in [0.2, 0.25) is 0 Å². The van der Waals surface area contributed by atoms with E-state index in [9.17, 15) is 9.90 Å². The summed E-state index contributed by atoms with van der Waals surface area (Å²) in [5, 5.41) is 17.8. The lowest BCUT2D eigenvalue weighted by Gasteiger charge is -2.24. The van der Waals surface area contributed by atoms with Crippen molar-refractivity contribution in [3.63, 3.8) is 0 Å². The lowest BCUT2D eigenvalue weighted by Crippen LogP contribution is -2.34. The van der Waals surface area contributed by atoms with Crippen LogP contribution in [0.3, 0.4) is 0 Å². The van der Waals surface area contributed by atoms with Crippen LogP contribution in [-0.4, -0.2) is 32.7 Å². The Bertz CT molecular complexity index is 761. The van der Waals surface area contributed by atoms with E-state index >= 15 is 0 Å². The van der Waals surface area contributed by atoms with Crippen LogP contribution in [0.25, 0.3) is 0 Å². The first-order chi connectivity index (χ1) is 11.7. The van der Waals surface area contributed by atoms with Crippen molar-refractivity contribution in [1.29, 1.82) is 0 Å². The monoisotopic (exact) mass is 323 g/mol. The van der Waals surface area contributed by atoms with Gasteiger partial charge in [-0.1, -0.05) is 30.3 Å². The van der Waals surface area contributed by atoms with E-state index in [-0.39, 0.29) is 12.5 Å². The van der Waals surface area contributed by atoms with Crippen molar-refractivity contribution >= 4 is 5.91 Å². The van der Waals surface area contributed by atoms with Crippen LogP contribution in [0.15, 0.2) is 71.6 Å². The van der Waals surface area contributed by atoms with Gasteiger partial charge < -0.3 is 14.4 Å². The summed E-state index contributed by atoms with van der Waals surface area (Å²) >= 11 is 0. The molecule has 1 aromatic carbocycles. The fourth-order valence-electron chi connectivity index (χ4n) is 2.40. The molecule has 0 aliphatic heterocycles. The summed E-state index contributed by atoms with van der Waals surface area (Å²) in [7, 11) is 0. The molecule has 0 saturated carbocycles. The molecule has 0 radical (unpaired) electrons. The van der Waals surface area contributed by atoms with Crippen molar-refractivity contribution in [2.75, 3.05) is 6.54 Å². The summed E-state index contributed by atoms with van der Waals surface area (Å²) < 4.78 is 5.22. The zero-order valence-corrected chi connectivity index (χ0v) is 12.9. The van der Waals surface area contributed by atoms with E-state index in [1.807, 2.05) is 30.3 Å². The van der Waals surface area contributed by atoms with Gasteiger partial charge >= 0.3 is 0 Å².